The minimum atomic E-state index is -1.93. The van der Waals surface area contributed by atoms with Gasteiger partial charge in [0.2, 0.25) is 3.79 Å². The summed E-state index contributed by atoms with van der Waals surface area (Å²) >= 11 is 29.0. The molecular formula is C18H15Cl4N3O3S. The molecule has 0 saturated carbocycles. The lowest BCUT2D eigenvalue weighted by atomic mass is 10.2. The van der Waals surface area contributed by atoms with Gasteiger partial charge in [0.1, 0.15) is 6.17 Å². The Balaban J connectivity index is 2.13. The van der Waals surface area contributed by atoms with Gasteiger partial charge in [0.15, 0.2) is 5.11 Å². The van der Waals surface area contributed by atoms with Crippen LogP contribution in [0.5, 0.6) is 0 Å². The van der Waals surface area contributed by atoms with E-state index in [0.717, 1.165) is 0 Å². The minimum Gasteiger partial charge on any atom is -0.465 e. The van der Waals surface area contributed by atoms with Crippen molar-refractivity contribution in [1.29, 1.82) is 0 Å². The Hall–Kier alpha value is -1.77. The van der Waals surface area contributed by atoms with Gasteiger partial charge >= 0.3 is 5.97 Å². The summed E-state index contributed by atoms with van der Waals surface area (Å²) in [6, 6.07) is 12.7. The maximum Gasteiger partial charge on any atom is 0.339 e. The average molecular weight is 495 g/mol. The highest BCUT2D eigenvalue weighted by atomic mass is 35.6. The third-order valence-electron chi connectivity index (χ3n) is 3.57. The summed E-state index contributed by atoms with van der Waals surface area (Å²) in [5.41, 5.74) is 0.948. The van der Waals surface area contributed by atoms with Crippen LogP contribution in [-0.4, -0.2) is 34.1 Å². The predicted octanol–water partition coefficient (Wildman–Crippen LogP) is 4.54. The number of thiocarbonyl (C=S) groups is 1. The topological polar surface area (TPSA) is 79.5 Å². The monoisotopic (exact) mass is 493 g/mol. The van der Waals surface area contributed by atoms with E-state index < -0.39 is 21.8 Å². The van der Waals surface area contributed by atoms with Crippen molar-refractivity contribution in [2.75, 3.05) is 12.4 Å². The standard InChI is InChI=1S/C18H15Cl4N3O3S/c1-28-15(27)12-4-2-3-5-13(12)23-17(29)25-16(18(20,21)22)24-14(26)10-6-8-11(19)9-7-10/h2-9,16H,1H3,(H,24,26)(H2,23,25,29). The van der Waals surface area contributed by atoms with Gasteiger partial charge in [-0.15, -0.1) is 0 Å². The van der Waals surface area contributed by atoms with Gasteiger partial charge in [0, 0.05) is 10.6 Å². The van der Waals surface area contributed by atoms with Crippen LogP contribution in [0, 0.1) is 0 Å². The van der Waals surface area contributed by atoms with Crippen molar-refractivity contribution in [3.8, 4) is 0 Å². The molecule has 0 spiro atoms. The summed E-state index contributed by atoms with van der Waals surface area (Å²) in [4.78, 5) is 24.3. The van der Waals surface area contributed by atoms with E-state index in [1.54, 1.807) is 36.4 Å². The van der Waals surface area contributed by atoms with E-state index in [1.807, 2.05) is 0 Å². The molecule has 2 aromatic carbocycles. The van der Waals surface area contributed by atoms with Crippen LogP contribution in [0.3, 0.4) is 0 Å². The van der Waals surface area contributed by atoms with Crippen molar-refractivity contribution in [3.05, 3.63) is 64.7 Å². The molecule has 0 aromatic heterocycles. The van der Waals surface area contributed by atoms with Crippen LogP contribution in [0.2, 0.25) is 5.02 Å². The fourth-order valence-electron chi connectivity index (χ4n) is 2.19. The summed E-state index contributed by atoms with van der Waals surface area (Å²) in [5.74, 6) is -1.06. The molecule has 0 aliphatic heterocycles. The molecule has 1 amide bonds. The van der Waals surface area contributed by atoms with E-state index in [0.29, 0.717) is 16.3 Å². The van der Waals surface area contributed by atoms with Crippen molar-refractivity contribution in [2.24, 2.45) is 0 Å². The van der Waals surface area contributed by atoms with Gasteiger partial charge in [0.25, 0.3) is 5.91 Å². The molecule has 2 aromatic rings. The van der Waals surface area contributed by atoms with Gasteiger partial charge < -0.3 is 20.7 Å². The summed E-state index contributed by atoms with van der Waals surface area (Å²) in [6.45, 7) is 0. The van der Waals surface area contributed by atoms with E-state index >= 15 is 0 Å². The Morgan fingerprint density at radius 1 is 1.03 bits per heavy atom. The quantitative estimate of drug-likeness (QED) is 0.245. The van der Waals surface area contributed by atoms with E-state index in [2.05, 4.69) is 16.0 Å². The molecule has 11 heteroatoms. The van der Waals surface area contributed by atoms with Crippen LogP contribution in [0.4, 0.5) is 5.69 Å². The number of hydrogen-bond acceptors (Lipinski definition) is 4. The smallest absolute Gasteiger partial charge is 0.339 e. The number of para-hydroxylation sites is 1. The molecule has 29 heavy (non-hydrogen) atoms. The number of hydrogen-bond donors (Lipinski definition) is 3. The van der Waals surface area contributed by atoms with Gasteiger partial charge in [-0.2, -0.15) is 0 Å². The van der Waals surface area contributed by atoms with Crippen LogP contribution < -0.4 is 16.0 Å². The Labute approximate surface area is 192 Å². The van der Waals surface area contributed by atoms with Gasteiger partial charge in [0.05, 0.1) is 18.4 Å². The van der Waals surface area contributed by atoms with E-state index in [4.69, 9.17) is 63.4 Å². The number of carbonyl (C=O) groups is 2. The first kappa shape index (κ1) is 23.5. The number of halogens is 4. The molecule has 1 atom stereocenters. The van der Waals surface area contributed by atoms with Crippen LogP contribution in [0.25, 0.3) is 0 Å². The Kier molecular flexibility index (Phi) is 8.36. The highest BCUT2D eigenvalue weighted by Gasteiger charge is 2.35. The number of carbonyl (C=O) groups excluding carboxylic acids is 2. The number of nitrogens with one attached hydrogen (secondary N) is 3. The van der Waals surface area contributed by atoms with Gasteiger partial charge in [-0.3, -0.25) is 4.79 Å². The lowest BCUT2D eigenvalue weighted by Gasteiger charge is -2.28. The lowest BCUT2D eigenvalue weighted by Crippen LogP contribution is -2.56. The Morgan fingerprint density at radius 2 is 1.66 bits per heavy atom. The first-order chi connectivity index (χ1) is 13.6. The molecule has 0 saturated heterocycles. The van der Waals surface area contributed by atoms with Gasteiger partial charge in [-0.05, 0) is 48.6 Å². The first-order valence-electron chi connectivity index (χ1n) is 8.00. The Morgan fingerprint density at radius 3 is 2.24 bits per heavy atom. The van der Waals surface area contributed by atoms with Crippen LogP contribution >= 0.6 is 58.6 Å². The fourth-order valence-corrected chi connectivity index (χ4v) is 2.87. The molecular weight excluding hydrogens is 480 g/mol. The van der Waals surface area contributed by atoms with Gasteiger partial charge in [-0.25, -0.2) is 4.79 Å². The average Bonchev–Trinajstić information content (AvgIpc) is 2.67. The largest absolute Gasteiger partial charge is 0.465 e. The van der Waals surface area contributed by atoms with Crippen molar-refractivity contribution >= 4 is 81.3 Å². The molecule has 0 radical (unpaired) electrons. The zero-order chi connectivity index (χ0) is 21.6. The van der Waals surface area contributed by atoms with Crippen molar-refractivity contribution < 1.29 is 14.3 Å². The number of ether oxygens (including phenoxy) is 1. The predicted molar refractivity (Wildman–Crippen MR) is 120 cm³/mol. The first-order valence-corrected chi connectivity index (χ1v) is 9.92. The van der Waals surface area contributed by atoms with E-state index in [9.17, 15) is 9.59 Å². The van der Waals surface area contributed by atoms with E-state index in [1.165, 1.54) is 19.2 Å². The van der Waals surface area contributed by atoms with Crippen LogP contribution in [-0.2, 0) is 4.74 Å². The van der Waals surface area contributed by atoms with Crippen molar-refractivity contribution in [3.63, 3.8) is 0 Å². The zero-order valence-corrected chi connectivity index (χ0v) is 18.7. The summed E-state index contributed by atoms with van der Waals surface area (Å²) < 4.78 is 2.80. The second-order valence-electron chi connectivity index (χ2n) is 5.59. The van der Waals surface area contributed by atoms with Crippen molar-refractivity contribution in [1.82, 2.24) is 10.6 Å². The van der Waals surface area contributed by atoms with E-state index in [-0.39, 0.29) is 10.7 Å². The molecule has 0 fully saturated rings. The molecule has 154 valence electrons. The maximum atomic E-state index is 12.4. The molecule has 6 nitrogen and oxygen atoms in total. The number of rotatable bonds is 5. The van der Waals surface area contributed by atoms with Crippen LogP contribution in [0.1, 0.15) is 20.7 Å². The minimum absolute atomic E-state index is 0.00841. The molecule has 3 N–H and O–H groups in total. The third-order valence-corrected chi connectivity index (χ3v) is 4.69. The normalized spacial score (nSPS) is 11.9. The highest BCUT2D eigenvalue weighted by molar-refractivity contribution is 7.80. The third kappa shape index (κ3) is 6.90. The molecule has 0 aliphatic carbocycles. The highest BCUT2D eigenvalue weighted by Crippen LogP contribution is 2.29. The second kappa shape index (κ2) is 10.3. The number of alkyl halides is 3. The number of benzene rings is 2. The summed E-state index contributed by atoms with van der Waals surface area (Å²) in [5, 5.41) is 8.58. The number of esters is 1. The molecule has 1 unspecified atom stereocenters. The number of methoxy groups -OCH3 is 1. The van der Waals surface area contributed by atoms with Gasteiger partial charge in [-0.1, -0.05) is 58.5 Å². The summed E-state index contributed by atoms with van der Waals surface area (Å²) in [7, 11) is 1.26. The maximum absolute atomic E-state index is 12.4. The molecule has 2 rings (SSSR count). The number of amides is 1. The SMILES string of the molecule is COC(=O)c1ccccc1NC(=S)NC(NC(=O)c1ccc(Cl)cc1)C(Cl)(Cl)Cl. The Bertz CT molecular complexity index is 904. The second-order valence-corrected chi connectivity index (χ2v) is 8.80. The van der Waals surface area contributed by atoms with Crippen LogP contribution in [0.15, 0.2) is 48.5 Å². The fraction of sp³-hybridized carbons (Fsp3) is 0.167. The lowest BCUT2D eigenvalue weighted by molar-refractivity contribution is 0.0601. The molecule has 0 heterocycles. The summed E-state index contributed by atoms with van der Waals surface area (Å²) in [6.07, 6.45) is -1.18. The zero-order valence-electron chi connectivity index (χ0n) is 14.8. The number of anilines is 1. The molecule has 0 bridgehead atoms. The molecule has 0 aliphatic rings. The van der Waals surface area contributed by atoms with Crippen molar-refractivity contribution in [2.45, 2.75) is 9.96 Å².